The third-order valence-electron chi connectivity index (χ3n) is 5.71. The van der Waals surface area contributed by atoms with E-state index >= 15 is 0 Å². The maximum absolute atomic E-state index is 12.6. The molecule has 1 aromatic heterocycles. The van der Waals surface area contributed by atoms with Gasteiger partial charge in [-0.25, -0.2) is 0 Å². The number of hydrogen-bond donors (Lipinski definition) is 1. The number of carbonyl (C=O) groups excluding carboxylic acids is 1. The minimum atomic E-state index is -4.42. The molecule has 2 unspecified atom stereocenters. The van der Waals surface area contributed by atoms with Crippen LogP contribution >= 0.6 is 11.8 Å². The van der Waals surface area contributed by atoms with E-state index in [-0.39, 0.29) is 17.0 Å². The summed E-state index contributed by atoms with van der Waals surface area (Å²) in [7, 11) is 0. The second-order valence-electron chi connectivity index (χ2n) is 7.39. The SMILES string of the molecule is CC1C(NC(=O)c2ccc(Sc3cc(C(F)(F)F)co3)cc2)C2CCN1CC2. The monoisotopic (exact) mass is 410 g/mol. The Hall–Kier alpha value is -1.93. The van der Waals surface area contributed by atoms with Gasteiger partial charge in [-0.2, -0.15) is 13.2 Å². The van der Waals surface area contributed by atoms with Crippen molar-refractivity contribution in [2.75, 3.05) is 13.1 Å². The van der Waals surface area contributed by atoms with E-state index in [1.807, 2.05) is 0 Å². The Morgan fingerprint density at radius 3 is 2.46 bits per heavy atom. The first-order chi connectivity index (χ1) is 13.3. The first kappa shape index (κ1) is 19.4. The Bertz CT molecular complexity index is 840. The number of nitrogens with zero attached hydrogens (tertiary/aromatic N) is 1. The van der Waals surface area contributed by atoms with Crippen molar-refractivity contribution in [2.45, 2.75) is 48.0 Å². The van der Waals surface area contributed by atoms with Crippen molar-refractivity contribution in [3.63, 3.8) is 0 Å². The van der Waals surface area contributed by atoms with Crippen LogP contribution in [0.2, 0.25) is 0 Å². The van der Waals surface area contributed by atoms with Crippen molar-refractivity contribution in [2.24, 2.45) is 5.92 Å². The molecule has 0 aliphatic carbocycles. The summed E-state index contributed by atoms with van der Waals surface area (Å²) in [6.45, 7) is 4.37. The highest BCUT2D eigenvalue weighted by Gasteiger charge is 2.40. The van der Waals surface area contributed by atoms with E-state index in [9.17, 15) is 18.0 Å². The van der Waals surface area contributed by atoms with Gasteiger partial charge >= 0.3 is 6.18 Å². The first-order valence-electron chi connectivity index (χ1n) is 9.30. The van der Waals surface area contributed by atoms with Gasteiger partial charge in [0.15, 0.2) is 5.09 Å². The molecule has 0 spiro atoms. The lowest BCUT2D eigenvalue weighted by atomic mass is 9.79. The zero-order valence-corrected chi connectivity index (χ0v) is 16.1. The minimum Gasteiger partial charge on any atom is -0.457 e. The highest BCUT2D eigenvalue weighted by molar-refractivity contribution is 7.99. The van der Waals surface area contributed by atoms with Crippen molar-refractivity contribution >= 4 is 17.7 Å². The predicted octanol–water partition coefficient (Wildman–Crippen LogP) is 4.66. The number of amides is 1. The molecule has 8 heteroatoms. The molecule has 3 aliphatic rings. The van der Waals surface area contributed by atoms with E-state index in [0.717, 1.165) is 43.8 Å². The molecule has 28 heavy (non-hydrogen) atoms. The lowest BCUT2D eigenvalue weighted by Gasteiger charge is -2.49. The standard InChI is InChI=1S/C20H21F3N2O2S/c1-12-18(13-6-8-25(12)9-7-13)24-19(26)14-2-4-16(5-3-14)28-17-10-15(11-27-17)20(21,22)23/h2-5,10-13,18H,6-9H2,1H3,(H,24,26). The number of nitrogens with one attached hydrogen (secondary N) is 1. The topological polar surface area (TPSA) is 45.5 Å². The number of hydrogen-bond acceptors (Lipinski definition) is 4. The zero-order chi connectivity index (χ0) is 19.9. The van der Waals surface area contributed by atoms with Gasteiger partial charge in [0, 0.05) is 28.6 Å². The smallest absolute Gasteiger partial charge is 0.419 e. The second-order valence-corrected chi connectivity index (χ2v) is 8.47. The van der Waals surface area contributed by atoms with Crippen molar-refractivity contribution in [3.8, 4) is 0 Å². The fourth-order valence-electron chi connectivity index (χ4n) is 4.09. The molecule has 2 bridgehead atoms. The Morgan fingerprint density at radius 2 is 1.89 bits per heavy atom. The molecular weight excluding hydrogens is 389 g/mol. The largest absolute Gasteiger partial charge is 0.457 e. The van der Waals surface area contributed by atoms with Crippen LogP contribution in [0.4, 0.5) is 13.2 Å². The maximum atomic E-state index is 12.6. The Balaban J connectivity index is 1.39. The van der Waals surface area contributed by atoms with Gasteiger partial charge in [-0.3, -0.25) is 9.69 Å². The maximum Gasteiger partial charge on any atom is 0.419 e. The van der Waals surface area contributed by atoms with Crippen LogP contribution in [-0.2, 0) is 6.18 Å². The summed E-state index contributed by atoms with van der Waals surface area (Å²) < 4.78 is 42.9. The molecule has 2 aromatic rings. The molecule has 1 amide bonds. The molecule has 1 N–H and O–H groups in total. The van der Waals surface area contributed by atoms with Crippen molar-refractivity contribution < 1.29 is 22.4 Å². The van der Waals surface area contributed by atoms with E-state index in [2.05, 4.69) is 17.1 Å². The number of carbonyl (C=O) groups is 1. The molecule has 4 nitrogen and oxygen atoms in total. The summed E-state index contributed by atoms with van der Waals surface area (Å²) in [5.74, 6) is 0.417. The average molecular weight is 410 g/mol. The zero-order valence-electron chi connectivity index (χ0n) is 15.3. The molecule has 0 radical (unpaired) electrons. The number of piperidine rings is 3. The highest BCUT2D eigenvalue weighted by Crippen LogP contribution is 2.36. The summed E-state index contributed by atoms with van der Waals surface area (Å²) in [5, 5.41) is 3.33. The third-order valence-corrected chi connectivity index (χ3v) is 6.64. The van der Waals surface area contributed by atoms with Crippen LogP contribution < -0.4 is 5.32 Å². The predicted molar refractivity (Wildman–Crippen MR) is 99.3 cm³/mol. The lowest BCUT2D eigenvalue weighted by Crippen LogP contribution is -2.62. The number of halogens is 3. The van der Waals surface area contributed by atoms with Crippen molar-refractivity contribution in [1.82, 2.24) is 10.2 Å². The van der Waals surface area contributed by atoms with Gasteiger partial charge in [-0.1, -0.05) is 11.8 Å². The summed E-state index contributed by atoms with van der Waals surface area (Å²) in [6, 6.07) is 8.29. The Kier molecular flexibility index (Phi) is 5.18. The van der Waals surface area contributed by atoms with E-state index < -0.39 is 11.7 Å². The average Bonchev–Trinajstić information content (AvgIpc) is 3.14. The van der Waals surface area contributed by atoms with Gasteiger partial charge in [0.25, 0.3) is 5.91 Å². The minimum absolute atomic E-state index is 0.112. The van der Waals surface area contributed by atoms with Crippen molar-refractivity contribution in [3.05, 3.63) is 47.7 Å². The normalized spacial score (nSPS) is 27.0. The summed E-state index contributed by atoms with van der Waals surface area (Å²) in [6.07, 6.45) is -1.47. The van der Waals surface area contributed by atoms with Gasteiger partial charge in [0.1, 0.15) is 6.26 Å². The highest BCUT2D eigenvalue weighted by atomic mass is 32.2. The Labute approximate surface area is 165 Å². The Morgan fingerprint density at radius 1 is 1.21 bits per heavy atom. The van der Waals surface area contributed by atoms with Crippen LogP contribution in [0.5, 0.6) is 0 Å². The van der Waals surface area contributed by atoms with Gasteiger partial charge in [0.05, 0.1) is 5.56 Å². The number of alkyl halides is 3. The quantitative estimate of drug-likeness (QED) is 0.796. The van der Waals surface area contributed by atoms with E-state index in [4.69, 9.17) is 4.42 Å². The second kappa shape index (κ2) is 7.48. The molecule has 2 atom stereocenters. The number of benzene rings is 1. The fraction of sp³-hybridized carbons (Fsp3) is 0.450. The van der Waals surface area contributed by atoms with Gasteiger partial charge in [0.2, 0.25) is 0 Å². The van der Waals surface area contributed by atoms with Gasteiger partial charge in [-0.15, -0.1) is 0 Å². The molecular formula is C20H21F3N2O2S. The number of furan rings is 1. The number of rotatable bonds is 4. The van der Waals surface area contributed by atoms with Gasteiger partial charge < -0.3 is 9.73 Å². The van der Waals surface area contributed by atoms with Crippen LogP contribution in [0, 0.1) is 5.92 Å². The molecule has 0 saturated carbocycles. The van der Waals surface area contributed by atoms with Crippen molar-refractivity contribution in [1.29, 1.82) is 0 Å². The van der Waals surface area contributed by atoms with Crippen LogP contribution in [-0.4, -0.2) is 36.0 Å². The molecule has 5 rings (SSSR count). The van der Waals surface area contributed by atoms with Crippen LogP contribution in [0.1, 0.15) is 35.7 Å². The first-order valence-corrected chi connectivity index (χ1v) is 10.1. The third kappa shape index (κ3) is 3.93. The summed E-state index contributed by atoms with van der Waals surface area (Å²) in [4.78, 5) is 15.8. The molecule has 3 saturated heterocycles. The van der Waals surface area contributed by atoms with E-state index in [0.29, 0.717) is 28.7 Å². The molecule has 3 fully saturated rings. The van der Waals surface area contributed by atoms with E-state index in [1.165, 1.54) is 0 Å². The molecule has 150 valence electrons. The molecule has 3 aliphatic heterocycles. The van der Waals surface area contributed by atoms with Crippen LogP contribution in [0.25, 0.3) is 0 Å². The fourth-order valence-corrected chi connectivity index (χ4v) is 4.88. The lowest BCUT2D eigenvalue weighted by molar-refractivity contribution is -0.137. The molecule has 1 aromatic carbocycles. The summed E-state index contributed by atoms with van der Waals surface area (Å²) in [5.41, 5.74) is -0.263. The van der Waals surface area contributed by atoms with E-state index in [1.54, 1.807) is 24.3 Å². The molecule has 4 heterocycles. The van der Waals surface area contributed by atoms with Gasteiger partial charge in [-0.05, 0) is 63.0 Å². The summed E-state index contributed by atoms with van der Waals surface area (Å²) >= 11 is 1.09. The van der Waals surface area contributed by atoms with Crippen LogP contribution in [0.15, 0.2) is 51.0 Å². The van der Waals surface area contributed by atoms with Crippen LogP contribution in [0.3, 0.4) is 0 Å². The number of fused-ring (bicyclic) bond motifs is 3.